The highest BCUT2D eigenvalue weighted by Gasteiger charge is 2.19. The smallest absolute Gasteiger partial charge is 0.282 e. The number of rotatable bonds is 10. The van der Waals surface area contributed by atoms with Gasteiger partial charge in [-0.15, -0.1) is 0 Å². The first-order chi connectivity index (χ1) is 19.4. The lowest BCUT2D eigenvalue weighted by Gasteiger charge is -2.14. The van der Waals surface area contributed by atoms with Crippen molar-refractivity contribution in [3.63, 3.8) is 0 Å². The van der Waals surface area contributed by atoms with E-state index in [1.54, 1.807) is 6.07 Å². The van der Waals surface area contributed by atoms with E-state index in [2.05, 4.69) is 25.6 Å². The van der Waals surface area contributed by atoms with Crippen LogP contribution < -0.4 is 15.6 Å². The second-order valence-corrected chi connectivity index (χ2v) is 8.94. The summed E-state index contributed by atoms with van der Waals surface area (Å²) in [7, 11) is 0. The molecule has 1 atom stereocenters. The van der Waals surface area contributed by atoms with Crippen molar-refractivity contribution in [1.82, 2.24) is 25.0 Å². The Bertz CT molecular complexity index is 1730. The van der Waals surface area contributed by atoms with E-state index >= 15 is 4.39 Å². The largest absolute Gasteiger partial charge is 0.453 e. The molecule has 0 aliphatic heterocycles. The molecule has 12 heteroatoms. The van der Waals surface area contributed by atoms with E-state index in [1.165, 1.54) is 60.9 Å². The Morgan fingerprint density at radius 1 is 1.10 bits per heavy atom. The van der Waals surface area contributed by atoms with Gasteiger partial charge in [-0.3, -0.25) is 14.7 Å². The molecule has 3 N–H and O–H groups in total. The summed E-state index contributed by atoms with van der Waals surface area (Å²) in [6, 6.07) is 11.8. The number of H-pyrrole nitrogens is 1. The number of aliphatic hydroxyl groups is 1. The van der Waals surface area contributed by atoms with Crippen LogP contribution in [0.3, 0.4) is 0 Å². The fourth-order valence-corrected chi connectivity index (χ4v) is 4.11. The SMILES string of the molecule is CC[C@H](CO)Nc1n[nH]c2nccc(Oc3ccc(CC(=O)c4ccnn(-c5ccc(F)cc5)c4=O)cc3F)c12. The molecule has 0 unspecified atom stereocenters. The Morgan fingerprint density at radius 2 is 1.90 bits per heavy atom. The molecule has 10 nitrogen and oxygen atoms in total. The first-order valence-electron chi connectivity index (χ1n) is 12.4. The summed E-state index contributed by atoms with van der Waals surface area (Å²) in [5.74, 6) is -1.11. The van der Waals surface area contributed by atoms with Crippen molar-refractivity contribution in [2.24, 2.45) is 0 Å². The number of benzene rings is 2. The molecule has 0 saturated carbocycles. The number of nitrogens with one attached hydrogen (secondary N) is 2. The van der Waals surface area contributed by atoms with Crippen LogP contribution in [0.25, 0.3) is 16.7 Å². The third kappa shape index (κ3) is 5.43. The Balaban J connectivity index is 1.36. The molecule has 0 fully saturated rings. The zero-order valence-electron chi connectivity index (χ0n) is 21.3. The number of anilines is 1. The number of hydrogen-bond donors (Lipinski definition) is 3. The molecule has 0 aliphatic carbocycles. The Morgan fingerprint density at radius 3 is 2.62 bits per heavy atom. The lowest BCUT2D eigenvalue weighted by Crippen LogP contribution is -2.27. The number of nitrogens with zero attached hydrogens (tertiary/aromatic N) is 4. The lowest BCUT2D eigenvalue weighted by molar-refractivity contribution is 0.0991. The van der Waals surface area contributed by atoms with Gasteiger partial charge in [-0.05, 0) is 54.4 Å². The molecule has 0 spiro atoms. The third-order valence-electron chi connectivity index (χ3n) is 6.28. The average Bonchev–Trinajstić information content (AvgIpc) is 3.37. The van der Waals surface area contributed by atoms with Crippen LogP contribution in [0, 0.1) is 11.6 Å². The van der Waals surface area contributed by atoms with Gasteiger partial charge in [0.15, 0.2) is 28.8 Å². The van der Waals surface area contributed by atoms with Crippen LogP contribution in [0.4, 0.5) is 14.6 Å². The topological polar surface area (TPSA) is 135 Å². The maximum atomic E-state index is 15.1. The van der Waals surface area contributed by atoms with Crippen LogP contribution in [0.15, 0.2) is 71.8 Å². The van der Waals surface area contributed by atoms with Crippen LogP contribution in [0.2, 0.25) is 0 Å². The zero-order chi connectivity index (χ0) is 28.2. The van der Waals surface area contributed by atoms with Crippen LogP contribution >= 0.6 is 0 Å². The molecule has 3 heterocycles. The quantitative estimate of drug-likeness (QED) is 0.222. The maximum Gasteiger partial charge on any atom is 0.282 e. The fourth-order valence-electron chi connectivity index (χ4n) is 4.11. The van der Waals surface area contributed by atoms with Crippen molar-refractivity contribution in [3.05, 3.63) is 100 Å². The van der Waals surface area contributed by atoms with Crippen molar-refractivity contribution in [3.8, 4) is 17.2 Å². The monoisotopic (exact) mass is 546 g/mol. The molecule has 204 valence electrons. The van der Waals surface area contributed by atoms with Crippen molar-refractivity contribution in [2.45, 2.75) is 25.8 Å². The highest BCUT2D eigenvalue weighted by atomic mass is 19.1. The van der Waals surface area contributed by atoms with Crippen molar-refractivity contribution < 1.29 is 23.4 Å². The van der Waals surface area contributed by atoms with Gasteiger partial charge < -0.3 is 15.2 Å². The van der Waals surface area contributed by atoms with Gasteiger partial charge >= 0.3 is 0 Å². The summed E-state index contributed by atoms with van der Waals surface area (Å²) in [4.78, 5) is 30.1. The molecule has 0 aliphatic rings. The second-order valence-electron chi connectivity index (χ2n) is 8.94. The van der Waals surface area contributed by atoms with E-state index < -0.39 is 23.0 Å². The minimum absolute atomic E-state index is 0.0902. The molecular formula is C28H24F2N6O4. The number of aliphatic hydroxyl groups excluding tert-OH is 1. The average molecular weight is 547 g/mol. The number of hydrogen-bond acceptors (Lipinski definition) is 8. The predicted octanol–water partition coefficient (Wildman–Crippen LogP) is 4.18. The number of fused-ring (bicyclic) bond motifs is 1. The third-order valence-corrected chi connectivity index (χ3v) is 6.28. The number of aromatic amines is 1. The first-order valence-corrected chi connectivity index (χ1v) is 12.4. The molecule has 5 aromatic rings. The highest BCUT2D eigenvalue weighted by molar-refractivity contribution is 5.97. The van der Waals surface area contributed by atoms with Crippen molar-refractivity contribution in [1.29, 1.82) is 0 Å². The van der Waals surface area contributed by atoms with E-state index in [0.29, 0.717) is 34.5 Å². The maximum absolute atomic E-state index is 15.1. The summed E-state index contributed by atoms with van der Waals surface area (Å²) in [5, 5.41) is 24.1. The standard InChI is InChI=1S/C28H24F2N6O4/c1-2-18(15-37)33-27-25-24(10-11-31-26(25)34-35-27)40-23-8-3-16(13-21(23)30)14-22(38)20-9-12-32-36(28(20)39)19-6-4-17(29)5-7-19/h3-13,18,37H,2,14-15H2,1H3,(H2,31,33,34,35)/t18-/m1/s1. The molecule has 40 heavy (non-hydrogen) atoms. The minimum Gasteiger partial charge on any atom is -0.453 e. The zero-order valence-corrected chi connectivity index (χ0v) is 21.3. The molecule has 0 saturated heterocycles. The Kier molecular flexibility index (Phi) is 7.60. The van der Waals surface area contributed by atoms with E-state index in [-0.39, 0.29) is 36.1 Å². The molecule has 0 bridgehead atoms. The van der Waals surface area contributed by atoms with Crippen molar-refractivity contribution >= 4 is 22.6 Å². The number of Topliss-reactive ketones (excluding diaryl/α,β-unsaturated/α-hetero) is 1. The summed E-state index contributed by atoms with van der Waals surface area (Å²) in [5.41, 5.74) is 0.249. The van der Waals surface area contributed by atoms with E-state index in [0.717, 1.165) is 4.68 Å². The van der Waals surface area contributed by atoms with Gasteiger partial charge in [0.2, 0.25) is 0 Å². The Hall–Kier alpha value is -4.97. The number of halogens is 2. The lowest BCUT2D eigenvalue weighted by atomic mass is 10.0. The molecule has 0 radical (unpaired) electrons. The second kappa shape index (κ2) is 11.4. The van der Waals surface area contributed by atoms with Gasteiger partial charge in [-0.2, -0.15) is 14.9 Å². The molecule has 0 amide bonds. The number of ketones is 1. The first kappa shape index (κ1) is 26.6. The van der Waals surface area contributed by atoms with Crippen LogP contribution in [0.5, 0.6) is 11.5 Å². The van der Waals surface area contributed by atoms with Gasteiger partial charge in [0.1, 0.15) is 17.0 Å². The predicted molar refractivity (Wildman–Crippen MR) is 143 cm³/mol. The fraction of sp³-hybridized carbons (Fsp3) is 0.179. The molecular weight excluding hydrogens is 522 g/mol. The number of pyridine rings is 1. The number of carbonyl (C=O) groups is 1. The number of aromatic nitrogens is 5. The van der Waals surface area contributed by atoms with E-state index in [1.807, 2.05) is 6.92 Å². The van der Waals surface area contributed by atoms with Gasteiger partial charge in [-0.25, -0.2) is 13.8 Å². The Labute approximate surface area is 226 Å². The van der Waals surface area contributed by atoms with Crippen molar-refractivity contribution in [2.75, 3.05) is 11.9 Å². The van der Waals surface area contributed by atoms with Crippen LogP contribution in [-0.2, 0) is 6.42 Å². The molecule has 3 aromatic heterocycles. The summed E-state index contributed by atoms with van der Waals surface area (Å²) >= 11 is 0. The normalized spacial score (nSPS) is 11.9. The number of carbonyl (C=O) groups excluding carboxylic acids is 1. The summed E-state index contributed by atoms with van der Waals surface area (Å²) in [6.45, 7) is 1.81. The number of ether oxygens (including phenoxy) is 1. The minimum atomic E-state index is -0.714. The van der Waals surface area contributed by atoms with Gasteiger partial charge in [-0.1, -0.05) is 13.0 Å². The van der Waals surface area contributed by atoms with Gasteiger partial charge in [0.05, 0.1) is 23.9 Å². The summed E-state index contributed by atoms with van der Waals surface area (Å²) in [6.07, 6.45) is 3.19. The van der Waals surface area contributed by atoms with Gasteiger partial charge in [0.25, 0.3) is 5.56 Å². The van der Waals surface area contributed by atoms with Crippen LogP contribution in [-0.4, -0.2) is 48.5 Å². The highest BCUT2D eigenvalue weighted by Crippen LogP contribution is 2.34. The molecule has 5 rings (SSSR count). The van der Waals surface area contributed by atoms with E-state index in [9.17, 15) is 19.1 Å². The van der Waals surface area contributed by atoms with Crippen LogP contribution in [0.1, 0.15) is 29.3 Å². The summed E-state index contributed by atoms with van der Waals surface area (Å²) < 4.78 is 35.2. The van der Waals surface area contributed by atoms with Gasteiger partial charge in [0, 0.05) is 24.9 Å². The van der Waals surface area contributed by atoms with E-state index in [4.69, 9.17) is 4.74 Å². The molecule has 2 aromatic carbocycles.